The maximum Gasteiger partial charge on any atom is 0.300 e. The summed E-state index contributed by atoms with van der Waals surface area (Å²) in [6.45, 7) is 1.80. The van der Waals surface area contributed by atoms with E-state index in [-0.39, 0.29) is 11.3 Å². The third-order valence-electron chi connectivity index (χ3n) is 5.18. The number of Topliss-reactive ketones (excluding diaryl/α,β-unsaturated/α-hetero) is 1. The van der Waals surface area contributed by atoms with Crippen LogP contribution in [0.1, 0.15) is 22.7 Å². The van der Waals surface area contributed by atoms with E-state index in [1.165, 1.54) is 4.90 Å². The van der Waals surface area contributed by atoms with Crippen molar-refractivity contribution in [3.8, 4) is 0 Å². The summed E-state index contributed by atoms with van der Waals surface area (Å²) in [7, 11) is 0. The summed E-state index contributed by atoms with van der Waals surface area (Å²) >= 11 is 9.65. The molecule has 30 heavy (non-hydrogen) atoms. The molecule has 4 rings (SSSR count). The van der Waals surface area contributed by atoms with Crippen molar-refractivity contribution in [3.63, 3.8) is 0 Å². The van der Waals surface area contributed by atoms with Crippen molar-refractivity contribution in [1.82, 2.24) is 0 Å². The molecular formula is C24H17BrClNO3. The second-order valence-corrected chi connectivity index (χ2v) is 8.29. The van der Waals surface area contributed by atoms with Gasteiger partial charge in [-0.15, -0.1) is 0 Å². The highest BCUT2D eigenvalue weighted by atomic mass is 79.9. The minimum absolute atomic E-state index is 0.0490. The van der Waals surface area contributed by atoms with Gasteiger partial charge in [-0.2, -0.15) is 0 Å². The molecule has 3 aromatic rings. The lowest BCUT2D eigenvalue weighted by Crippen LogP contribution is -2.30. The first-order chi connectivity index (χ1) is 14.4. The number of rotatable bonds is 3. The van der Waals surface area contributed by atoms with E-state index in [0.29, 0.717) is 21.8 Å². The zero-order valence-corrected chi connectivity index (χ0v) is 18.3. The highest BCUT2D eigenvalue weighted by Gasteiger charge is 2.47. The number of hydrogen-bond acceptors (Lipinski definition) is 3. The van der Waals surface area contributed by atoms with Crippen LogP contribution in [-0.2, 0) is 9.59 Å². The smallest absolute Gasteiger partial charge is 0.300 e. The number of carbonyl (C=O) groups excluding carboxylic acids is 2. The van der Waals surface area contributed by atoms with Gasteiger partial charge in [0.2, 0.25) is 0 Å². The summed E-state index contributed by atoms with van der Waals surface area (Å²) in [5.74, 6) is -1.64. The topological polar surface area (TPSA) is 57.6 Å². The zero-order chi connectivity index (χ0) is 21.4. The summed E-state index contributed by atoms with van der Waals surface area (Å²) in [6.07, 6.45) is 0. The van der Waals surface area contributed by atoms with Crippen LogP contribution in [0.2, 0.25) is 5.02 Å². The van der Waals surface area contributed by atoms with Crippen molar-refractivity contribution in [2.45, 2.75) is 13.0 Å². The molecule has 6 heteroatoms. The molecule has 0 saturated carbocycles. The lowest BCUT2D eigenvalue weighted by atomic mass is 9.95. The summed E-state index contributed by atoms with van der Waals surface area (Å²) in [4.78, 5) is 27.7. The van der Waals surface area contributed by atoms with Gasteiger partial charge in [-0.05, 0) is 42.3 Å². The minimum Gasteiger partial charge on any atom is -0.507 e. The van der Waals surface area contributed by atoms with E-state index in [1.54, 1.807) is 49.4 Å². The third-order valence-corrected chi connectivity index (χ3v) is 6.11. The molecule has 0 spiro atoms. The molecule has 0 aliphatic carbocycles. The van der Waals surface area contributed by atoms with Gasteiger partial charge in [0.05, 0.1) is 11.6 Å². The van der Waals surface area contributed by atoms with Crippen molar-refractivity contribution < 1.29 is 14.7 Å². The Bertz CT molecular complexity index is 1170. The number of nitrogens with zero attached hydrogens (tertiary/aromatic N) is 1. The van der Waals surface area contributed by atoms with E-state index in [1.807, 2.05) is 30.3 Å². The summed E-state index contributed by atoms with van der Waals surface area (Å²) < 4.78 is 0.841. The van der Waals surface area contributed by atoms with E-state index in [2.05, 4.69) is 15.9 Å². The van der Waals surface area contributed by atoms with Crippen LogP contribution < -0.4 is 4.90 Å². The number of aliphatic hydroxyl groups is 1. The van der Waals surface area contributed by atoms with E-state index < -0.39 is 17.7 Å². The average Bonchev–Trinajstić information content (AvgIpc) is 3.01. The Hall–Kier alpha value is -2.89. The molecule has 4 nitrogen and oxygen atoms in total. The average molecular weight is 483 g/mol. The van der Waals surface area contributed by atoms with Crippen LogP contribution >= 0.6 is 27.5 Å². The standard InChI is InChI=1S/C24H17BrClNO3/c1-14-18(26)8-5-9-19(14)27-21(15-6-3-2-4-7-15)20(23(29)24(27)30)22(28)16-10-12-17(25)13-11-16/h2-13,21,28H,1H3/b22-20+. The van der Waals surface area contributed by atoms with Gasteiger partial charge in [0.15, 0.2) is 0 Å². The van der Waals surface area contributed by atoms with Crippen LogP contribution in [0.15, 0.2) is 82.8 Å². The SMILES string of the molecule is Cc1c(Cl)cccc1N1C(=O)C(=O)/C(=C(/O)c2ccc(Br)cc2)C1c1ccccc1. The Kier molecular flexibility index (Phi) is 5.50. The Morgan fingerprint density at radius 2 is 1.63 bits per heavy atom. The van der Waals surface area contributed by atoms with Crippen molar-refractivity contribution >= 4 is 50.7 Å². The molecular weight excluding hydrogens is 466 g/mol. The van der Waals surface area contributed by atoms with Gasteiger partial charge in [0, 0.05) is 20.7 Å². The van der Waals surface area contributed by atoms with Gasteiger partial charge in [0.1, 0.15) is 5.76 Å². The third kappa shape index (κ3) is 3.44. The minimum atomic E-state index is -0.771. The number of amides is 1. The van der Waals surface area contributed by atoms with E-state index >= 15 is 0 Å². The molecule has 150 valence electrons. The van der Waals surface area contributed by atoms with Gasteiger partial charge in [-0.3, -0.25) is 14.5 Å². The molecule has 0 bridgehead atoms. The number of aliphatic hydroxyl groups excluding tert-OH is 1. The van der Waals surface area contributed by atoms with Crippen LogP contribution in [0.3, 0.4) is 0 Å². The monoisotopic (exact) mass is 481 g/mol. The van der Waals surface area contributed by atoms with Crippen molar-refractivity contribution in [2.75, 3.05) is 4.90 Å². The van der Waals surface area contributed by atoms with Gasteiger partial charge in [0.25, 0.3) is 11.7 Å². The van der Waals surface area contributed by atoms with Crippen LogP contribution in [-0.4, -0.2) is 16.8 Å². The molecule has 1 N–H and O–H groups in total. The van der Waals surface area contributed by atoms with E-state index in [0.717, 1.165) is 10.0 Å². The molecule has 1 fully saturated rings. The molecule has 0 radical (unpaired) electrons. The largest absolute Gasteiger partial charge is 0.507 e. The predicted octanol–water partition coefficient (Wildman–Crippen LogP) is 6.04. The Morgan fingerprint density at radius 1 is 0.967 bits per heavy atom. The van der Waals surface area contributed by atoms with Crippen LogP contribution in [0.4, 0.5) is 5.69 Å². The molecule has 1 atom stereocenters. The Morgan fingerprint density at radius 3 is 2.30 bits per heavy atom. The van der Waals surface area contributed by atoms with E-state index in [9.17, 15) is 14.7 Å². The molecule has 1 amide bonds. The number of carbonyl (C=O) groups is 2. The zero-order valence-electron chi connectivity index (χ0n) is 16.0. The van der Waals surface area contributed by atoms with Crippen molar-refractivity contribution in [1.29, 1.82) is 0 Å². The molecule has 1 aliphatic rings. The summed E-state index contributed by atoms with van der Waals surface area (Å²) in [5.41, 5.74) is 2.45. The Balaban J connectivity index is 1.97. The summed E-state index contributed by atoms with van der Waals surface area (Å²) in [5, 5.41) is 11.6. The van der Waals surface area contributed by atoms with Gasteiger partial charge < -0.3 is 5.11 Å². The van der Waals surface area contributed by atoms with Gasteiger partial charge in [-0.25, -0.2) is 0 Å². The fourth-order valence-corrected chi connectivity index (χ4v) is 4.09. The lowest BCUT2D eigenvalue weighted by molar-refractivity contribution is -0.132. The normalized spacial score (nSPS) is 18.1. The van der Waals surface area contributed by atoms with Crippen LogP contribution in [0.25, 0.3) is 5.76 Å². The van der Waals surface area contributed by atoms with Gasteiger partial charge >= 0.3 is 0 Å². The van der Waals surface area contributed by atoms with Crippen molar-refractivity contribution in [2.24, 2.45) is 0 Å². The second kappa shape index (κ2) is 8.09. The molecule has 1 heterocycles. The highest BCUT2D eigenvalue weighted by molar-refractivity contribution is 9.10. The van der Waals surface area contributed by atoms with Crippen LogP contribution in [0, 0.1) is 6.92 Å². The van der Waals surface area contributed by atoms with Crippen LogP contribution in [0.5, 0.6) is 0 Å². The lowest BCUT2D eigenvalue weighted by Gasteiger charge is -2.27. The first-order valence-corrected chi connectivity index (χ1v) is 10.4. The number of ketones is 1. The molecule has 3 aromatic carbocycles. The summed E-state index contributed by atoms with van der Waals surface area (Å²) in [6, 6.07) is 20.6. The molecule has 0 aromatic heterocycles. The quantitative estimate of drug-likeness (QED) is 0.281. The highest BCUT2D eigenvalue weighted by Crippen LogP contribution is 2.43. The first kappa shape index (κ1) is 20.4. The molecule has 1 saturated heterocycles. The van der Waals surface area contributed by atoms with Gasteiger partial charge in [-0.1, -0.05) is 76.1 Å². The predicted molar refractivity (Wildman–Crippen MR) is 122 cm³/mol. The maximum absolute atomic E-state index is 13.1. The second-order valence-electron chi connectivity index (χ2n) is 6.97. The molecule has 1 unspecified atom stereocenters. The number of hydrogen-bond donors (Lipinski definition) is 1. The first-order valence-electron chi connectivity index (χ1n) is 9.27. The Labute approximate surface area is 187 Å². The van der Waals surface area contributed by atoms with Crippen molar-refractivity contribution in [3.05, 3.63) is 105 Å². The maximum atomic E-state index is 13.1. The number of anilines is 1. The van der Waals surface area contributed by atoms with E-state index in [4.69, 9.17) is 11.6 Å². The molecule has 1 aliphatic heterocycles. The number of halogens is 2. The fraction of sp³-hybridized carbons (Fsp3) is 0.0833. The fourth-order valence-electron chi connectivity index (χ4n) is 3.65. The number of benzene rings is 3.